The van der Waals surface area contributed by atoms with Crippen molar-refractivity contribution in [1.29, 1.82) is 0 Å². The van der Waals surface area contributed by atoms with Crippen LogP contribution >= 0.6 is 11.6 Å². The smallest absolute Gasteiger partial charge is 0.211 e. The number of piperidine rings is 1. The number of hydrogen-bond acceptors (Lipinski definition) is 3. The van der Waals surface area contributed by atoms with Crippen LogP contribution in [0.1, 0.15) is 31.4 Å². The summed E-state index contributed by atoms with van der Waals surface area (Å²) in [7, 11) is -3.07. The fraction of sp³-hybridized carbons (Fsp3) is 0.600. The molecule has 2 atom stereocenters. The van der Waals surface area contributed by atoms with E-state index in [2.05, 4.69) is 12.2 Å². The highest BCUT2D eigenvalue weighted by Gasteiger charge is 2.26. The van der Waals surface area contributed by atoms with Crippen molar-refractivity contribution in [3.05, 3.63) is 34.9 Å². The van der Waals surface area contributed by atoms with Crippen molar-refractivity contribution in [3.63, 3.8) is 0 Å². The maximum atomic E-state index is 11.6. The fourth-order valence-electron chi connectivity index (χ4n) is 2.77. The van der Waals surface area contributed by atoms with Gasteiger partial charge in [0.25, 0.3) is 0 Å². The first-order valence-corrected chi connectivity index (χ1v) is 9.53. The summed E-state index contributed by atoms with van der Waals surface area (Å²) in [5.41, 5.74) is 1.08. The summed E-state index contributed by atoms with van der Waals surface area (Å²) in [5.74, 6) is 0.360. The summed E-state index contributed by atoms with van der Waals surface area (Å²) in [6, 6.07) is 7.96. The zero-order valence-corrected chi connectivity index (χ0v) is 14.1. The molecule has 2 unspecified atom stereocenters. The summed E-state index contributed by atoms with van der Waals surface area (Å²) in [6.45, 7) is 4.15. The Morgan fingerprint density at radius 3 is 2.81 bits per heavy atom. The van der Waals surface area contributed by atoms with Gasteiger partial charge in [0.05, 0.1) is 6.26 Å². The number of sulfonamides is 1. The predicted molar refractivity (Wildman–Crippen MR) is 87.0 cm³/mol. The van der Waals surface area contributed by atoms with E-state index in [0.717, 1.165) is 30.0 Å². The van der Waals surface area contributed by atoms with E-state index in [1.165, 1.54) is 6.26 Å². The zero-order chi connectivity index (χ0) is 15.5. The quantitative estimate of drug-likeness (QED) is 0.903. The Balaban J connectivity index is 1.90. The Morgan fingerprint density at radius 1 is 1.43 bits per heavy atom. The molecule has 0 bridgehead atoms. The highest BCUT2D eigenvalue weighted by molar-refractivity contribution is 7.88. The normalized spacial score (nSPS) is 22.1. The molecule has 0 amide bonds. The van der Waals surface area contributed by atoms with Gasteiger partial charge in [-0.3, -0.25) is 0 Å². The predicted octanol–water partition coefficient (Wildman–Crippen LogP) is 2.66. The minimum absolute atomic E-state index is 0.160. The number of nitrogens with one attached hydrogen (secondary N) is 1. The monoisotopic (exact) mass is 330 g/mol. The average Bonchev–Trinajstić information content (AvgIpc) is 2.45. The van der Waals surface area contributed by atoms with Crippen molar-refractivity contribution in [3.8, 4) is 0 Å². The first-order chi connectivity index (χ1) is 9.88. The molecule has 4 nitrogen and oxygen atoms in total. The summed E-state index contributed by atoms with van der Waals surface area (Å²) in [5, 5.41) is 4.24. The highest BCUT2D eigenvalue weighted by Crippen LogP contribution is 2.23. The Labute approximate surface area is 132 Å². The summed E-state index contributed by atoms with van der Waals surface area (Å²) >= 11 is 6.20. The topological polar surface area (TPSA) is 49.4 Å². The minimum Gasteiger partial charge on any atom is -0.310 e. The molecule has 118 valence electrons. The summed E-state index contributed by atoms with van der Waals surface area (Å²) in [6.07, 6.45) is 3.28. The van der Waals surface area contributed by atoms with Crippen molar-refractivity contribution >= 4 is 21.6 Å². The lowest BCUT2D eigenvalue weighted by molar-refractivity contribution is 0.257. The van der Waals surface area contributed by atoms with E-state index in [1.54, 1.807) is 4.31 Å². The molecule has 1 aliphatic rings. The number of nitrogens with zero attached hydrogens (tertiary/aromatic N) is 1. The van der Waals surface area contributed by atoms with Crippen LogP contribution in [0.4, 0.5) is 0 Å². The molecule has 1 saturated heterocycles. The third kappa shape index (κ3) is 4.68. The van der Waals surface area contributed by atoms with E-state index in [4.69, 9.17) is 11.6 Å². The standard InChI is InChI=1S/C15H23ClN2O2S/c1-12(14-7-3-4-8-15(14)16)17-10-13-6-5-9-18(11-13)21(2,19)20/h3-4,7-8,12-13,17H,5-6,9-11H2,1-2H3. The van der Waals surface area contributed by atoms with Gasteiger partial charge >= 0.3 is 0 Å². The molecular weight excluding hydrogens is 308 g/mol. The molecule has 1 N–H and O–H groups in total. The van der Waals surface area contributed by atoms with Gasteiger partial charge in [-0.1, -0.05) is 29.8 Å². The van der Waals surface area contributed by atoms with E-state index >= 15 is 0 Å². The van der Waals surface area contributed by atoms with Crippen LogP contribution < -0.4 is 5.32 Å². The van der Waals surface area contributed by atoms with E-state index < -0.39 is 10.0 Å². The van der Waals surface area contributed by atoms with E-state index in [1.807, 2.05) is 24.3 Å². The highest BCUT2D eigenvalue weighted by atomic mass is 35.5. The van der Waals surface area contributed by atoms with Gasteiger partial charge in [-0.2, -0.15) is 0 Å². The van der Waals surface area contributed by atoms with Gasteiger partial charge in [-0.15, -0.1) is 0 Å². The maximum Gasteiger partial charge on any atom is 0.211 e. The summed E-state index contributed by atoms with van der Waals surface area (Å²) < 4.78 is 24.8. The molecule has 0 aromatic heterocycles. The second-order valence-corrected chi connectivity index (χ2v) is 8.17. The summed E-state index contributed by atoms with van der Waals surface area (Å²) in [4.78, 5) is 0. The first kappa shape index (κ1) is 16.7. The Hall–Kier alpha value is -0.620. The maximum absolute atomic E-state index is 11.6. The molecule has 0 saturated carbocycles. The number of halogens is 1. The lowest BCUT2D eigenvalue weighted by Crippen LogP contribution is -2.42. The Kier molecular flexibility index (Phi) is 5.66. The van der Waals surface area contributed by atoms with Crippen LogP contribution in [-0.2, 0) is 10.0 Å². The van der Waals surface area contributed by atoms with Crippen LogP contribution in [0.25, 0.3) is 0 Å². The molecule has 0 spiro atoms. The third-order valence-corrected chi connectivity index (χ3v) is 5.65. The largest absolute Gasteiger partial charge is 0.310 e. The van der Waals surface area contributed by atoms with Gasteiger partial charge in [0, 0.05) is 24.2 Å². The fourth-order valence-corrected chi connectivity index (χ4v) is 4.02. The van der Waals surface area contributed by atoms with Gasteiger partial charge in [-0.25, -0.2) is 12.7 Å². The van der Waals surface area contributed by atoms with Crippen LogP contribution in [0.5, 0.6) is 0 Å². The molecule has 2 rings (SSSR count). The average molecular weight is 331 g/mol. The molecule has 21 heavy (non-hydrogen) atoms. The van der Waals surface area contributed by atoms with Gasteiger partial charge in [0.15, 0.2) is 0 Å². The third-order valence-electron chi connectivity index (χ3n) is 4.04. The van der Waals surface area contributed by atoms with Crippen molar-refractivity contribution < 1.29 is 8.42 Å². The SMILES string of the molecule is CC(NCC1CCCN(S(C)(=O)=O)C1)c1ccccc1Cl. The lowest BCUT2D eigenvalue weighted by Gasteiger charge is -2.31. The molecule has 1 aliphatic heterocycles. The van der Waals surface area contributed by atoms with Gasteiger partial charge in [0.2, 0.25) is 10.0 Å². The van der Waals surface area contributed by atoms with Crippen molar-refractivity contribution in [2.75, 3.05) is 25.9 Å². The molecule has 1 heterocycles. The second-order valence-electron chi connectivity index (χ2n) is 5.78. The number of benzene rings is 1. The van der Waals surface area contributed by atoms with Crippen molar-refractivity contribution in [2.24, 2.45) is 5.92 Å². The Morgan fingerprint density at radius 2 is 2.14 bits per heavy atom. The molecule has 1 aromatic carbocycles. The van der Waals surface area contributed by atoms with Crippen LogP contribution in [0.2, 0.25) is 5.02 Å². The molecule has 1 fully saturated rings. The molecular formula is C15H23ClN2O2S. The number of hydrogen-bond donors (Lipinski definition) is 1. The van der Waals surface area contributed by atoms with Crippen molar-refractivity contribution in [2.45, 2.75) is 25.8 Å². The molecule has 1 aromatic rings. The molecule has 0 aliphatic carbocycles. The first-order valence-electron chi connectivity index (χ1n) is 7.31. The molecule has 6 heteroatoms. The van der Waals surface area contributed by atoms with E-state index in [-0.39, 0.29) is 6.04 Å². The van der Waals surface area contributed by atoms with Crippen LogP contribution in [0.3, 0.4) is 0 Å². The number of rotatable bonds is 5. The van der Waals surface area contributed by atoms with Gasteiger partial charge < -0.3 is 5.32 Å². The van der Waals surface area contributed by atoms with Gasteiger partial charge in [-0.05, 0) is 43.9 Å². The minimum atomic E-state index is -3.07. The van der Waals surface area contributed by atoms with E-state index in [9.17, 15) is 8.42 Å². The zero-order valence-electron chi connectivity index (χ0n) is 12.5. The van der Waals surface area contributed by atoms with Crippen LogP contribution in [0.15, 0.2) is 24.3 Å². The van der Waals surface area contributed by atoms with Gasteiger partial charge in [0.1, 0.15) is 0 Å². The van der Waals surface area contributed by atoms with Crippen LogP contribution in [0, 0.1) is 5.92 Å². The molecule has 0 radical (unpaired) electrons. The second kappa shape index (κ2) is 7.09. The van der Waals surface area contributed by atoms with E-state index in [0.29, 0.717) is 19.0 Å². The lowest BCUT2D eigenvalue weighted by atomic mass is 9.99. The van der Waals surface area contributed by atoms with Crippen molar-refractivity contribution in [1.82, 2.24) is 9.62 Å². The van der Waals surface area contributed by atoms with Crippen LogP contribution in [-0.4, -0.2) is 38.6 Å². The Bertz CT molecular complexity index is 577.